The lowest BCUT2D eigenvalue weighted by molar-refractivity contribution is -0.120. The molecule has 28 heavy (non-hydrogen) atoms. The van der Waals surface area contributed by atoms with Gasteiger partial charge in [0, 0.05) is 0 Å². The number of anilines is 1. The Kier molecular flexibility index (Phi) is 7.06. The van der Waals surface area contributed by atoms with Crippen LogP contribution in [-0.2, 0) is 14.8 Å². The van der Waals surface area contributed by atoms with Gasteiger partial charge in [-0.2, -0.15) is 0 Å². The van der Waals surface area contributed by atoms with Gasteiger partial charge < -0.3 is 5.32 Å². The molecule has 152 valence electrons. The molecule has 5 nitrogen and oxygen atoms in total. The van der Waals surface area contributed by atoms with E-state index in [4.69, 9.17) is 11.6 Å². The van der Waals surface area contributed by atoms with Crippen molar-refractivity contribution in [3.8, 4) is 0 Å². The van der Waals surface area contributed by atoms with Crippen molar-refractivity contribution in [1.29, 1.82) is 0 Å². The van der Waals surface area contributed by atoms with Gasteiger partial charge >= 0.3 is 0 Å². The molecule has 2 aromatic carbocycles. The van der Waals surface area contributed by atoms with Gasteiger partial charge in [0.05, 0.1) is 23.0 Å². The quantitative estimate of drug-likeness (QED) is 0.723. The van der Waals surface area contributed by atoms with Crippen LogP contribution in [0.1, 0.15) is 36.1 Å². The summed E-state index contributed by atoms with van der Waals surface area (Å²) < 4.78 is 38.7. The molecule has 0 aliphatic carbocycles. The molecule has 0 aliphatic rings. The molecular formula is C20H24ClFN2O3S. The summed E-state index contributed by atoms with van der Waals surface area (Å²) in [6.07, 6.45) is 1.63. The third kappa shape index (κ3) is 5.45. The number of amides is 1. The number of benzene rings is 2. The van der Waals surface area contributed by atoms with Crippen molar-refractivity contribution in [2.45, 2.75) is 33.2 Å². The Morgan fingerprint density at radius 1 is 1.18 bits per heavy atom. The highest BCUT2D eigenvalue weighted by atomic mass is 35.5. The van der Waals surface area contributed by atoms with E-state index in [1.165, 1.54) is 12.1 Å². The van der Waals surface area contributed by atoms with Gasteiger partial charge in [-0.3, -0.25) is 9.10 Å². The van der Waals surface area contributed by atoms with Crippen molar-refractivity contribution in [3.63, 3.8) is 0 Å². The molecule has 1 amide bonds. The van der Waals surface area contributed by atoms with Gasteiger partial charge in [-0.05, 0) is 55.2 Å². The zero-order valence-corrected chi connectivity index (χ0v) is 17.9. The third-order valence-electron chi connectivity index (χ3n) is 4.56. The van der Waals surface area contributed by atoms with Crippen molar-refractivity contribution in [1.82, 2.24) is 5.32 Å². The molecule has 0 saturated carbocycles. The van der Waals surface area contributed by atoms with Crippen LogP contribution in [0.2, 0.25) is 5.02 Å². The highest BCUT2D eigenvalue weighted by Crippen LogP contribution is 2.25. The standard InChI is InChI=1S/C20H24ClFN2O3S/c1-5-19(15-7-6-13(2)14(3)10-15)23-20(25)12-24(28(4,26)27)16-8-9-18(22)17(21)11-16/h6-11,19H,5,12H2,1-4H3,(H,23,25)/t19-/m0/s1. The lowest BCUT2D eigenvalue weighted by atomic mass is 9.99. The summed E-state index contributed by atoms with van der Waals surface area (Å²) in [5.41, 5.74) is 3.35. The fourth-order valence-electron chi connectivity index (χ4n) is 2.81. The van der Waals surface area contributed by atoms with Crippen molar-refractivity contribution in [3.05, 3.63) is 63.9 Å². The molecule has 0 aliphatic heterocycles. The number of hydrogen-bond acceptors (Lipinski definition) is 3. The number of nitrogens with one attached hydrogen (secondary N) is 1. The topological polar surface area (TPSA) is 66.5 Å². The minimum atomic E-state index is -3.77. The fourth-order valence-corrected chi connectivity index (χ4v) is 3.84. The molecule has 0 bridgehead atoms. The van der Waals surface area contributed by atoms with E-state index in [1.807, 2.05) is 39.0 Å². The maximum Gasteiger partial charge on any atom is 0.241 e. The molecule has 0 saturated heterocycles. The molecule has 2 rings (SSSR count). The van der Waals surface area contributed by atoms with Gasteiger partial charge in [-0.1, -0.05) is 36.7 Å². The SMILES string of the molecule is CC[C@H](NC(=O)CN(c1ccc(F)c(Cl)c1)S(C)(=O)=O)c1ccc(C)c(C)c1. The van der Waals surface area contributed by atoms with Gasteiger partial charge in [0.25, 0.3) is 0 Å². The third-order valence-corrected chi connectivity index (χ3v) is 5.99. The Morgan fingerprint density at radius 3 is 2.39 bits per heavy atom. The Bertz CT molecular complexity index is 979. The van der Waals surface area contributed by atoms with Crippen molar-refractivity contribution >= 4 is 33.2 Å². The second-order valence-corrected chi connectivity index (χ2v) is 9.05. The zero-order valence-electron chi connectivity index (χ0n) is 16.3. The van der Waals surface area contributed by atoms with Gasteiger partial charge in [0.1, 0.15) is 12.4 Å². The summed E-state index contributed by atoms with van der Waals surface area (Å²) in [6, 6.07) is 9.23. The smallest absolute Gasteiger partial charge is 0.241 e. The Labute approximate surface area is 170 Å². The maximum atomic E-state index is 13.4. The number of nitrogens with zero attached hydrogens (tertiary/aromatic N) is 1. The number of rotatable bonds is 7. The summed E-state index contributed by atoms with van der Waals surface area (Å²) in [5, 5.41) is 2.66. The number of hydrogen-bond donors (Lipinski definition) is 1. The first-order chi connectivity index (χ1) is 13.0. The van der Waals surface area contributed by atoms with Gasteiger partial charge in [0.2, 0.25) is 15.9 Å². The van der Waals surface area contributed by atoms with Crippen LogP contribution >= 0.6 is 11.6 Å². The summed E-state index contributed by atoms with van der Waals surface area (Å²) in [7, 11) is -3.77. The molecule has 0 spiro atoms. The lowest BCUT2D eigenvalue weighted by Gasteiger charge is -2.24. The first kappa shape index (κ1) is 22.2. The highest BCUT2D eigenvalue weighted by Gasteiger charge is 2.23. The number of carbonyl (C=O) groups is 1. The van der Waals surface area contributed by atoms with Gasteiger partial charge in [-0.25, -0.2) is 12.8 Å². The van der Waals surface area contributed by atoms with E-state index in [-0.39, 0.29) is 16.8 Å². The second kappa shape index (κ2) is 8.92. The van der Waals surface area contributed by atoms with E-state index < -0.39 is 28.3 Å². The number of sulfonamides is 1. The molecular weight excluding hydrogens is 403 g/mol. The van der Waals surface area contributed by atoms with Crippen LogP contribution in [0.3, 0.4) is 0 Å². The summed E-state index contributed by atoms with van der Waals surface area (Å²) in [6.45, 7) is 5.52. The predicted molar refractivity (Wildman–Crippen MR) is 111 cm³/mol. The van der Waals surface area contributed by atoms with Crippen molar-refractivity contribution in [2.24, 2.45) is 0 Å². The molecule has 2 aromatic rings. The lowest BCUT2D eigenvalue weighted by Crippen LogP contribution is -2.41. The van der Waals surface area contributed by atoms with E-state index in [9.17, 15) is 17.6 Å². The molecule has 0 unspecified atom stereocenters. The van der Waals surface area contributed by atoms with Crippen molar-refractivity contribution in [2.75, 3.05) is 17.1 Å². The Morgan fingerprint density at radius 2 is 1.86 bits per heavy atom. The summed E-state index contributed by atoms with van der Waals surface area (Å²) >= 11 is 5.76. The van der Waals surface area contributed by atoms with Crippen LogP contribution < -0.4 is 9.62 Å². The van der Waals surface area contributed by atoms with E-state index in [2.05, 4.69) is 5.32 Å². The largest absolute Gasteiger partial charge is 0.348 e. The first-order valence-electron chi connectivity index (χ1n) is 8.82. The second-order valence-electron chi connectivity index (χ2n) is 6.74. The van der Waals surface area contributed by atoms with Crippen LogP contribution in [0.4, 0.5) is 10.1 Å². The Hall–Kier alpha value is -2.12. The molecule has 0 fully saturated rings. The van der Waals surface area contributed by atoms with E-state index in [1.54, 1.807) is 0 Å². The molecule has 1 atom stereocenters. The van der Waals surface area contributed by atoms with Crippen molar-refractivity contribution < 1.29 is 17.6 Å². The van der Waals surface area contributed by atoms with Crippen LogP contribution in [0.25, 0.3) is 0 Å². The predicted octanol–water partition coefficient (Wildman–Crippen LogP) is 4.13. The molecule has 8 heteroatoms. The van der Waals surface area contributed by atoms with Crippen LogP contribution in [0.15, 0.2) is 36.4 Å². The molecule has 0 aromatic heterocycles. The average molecular weight is 427 g/mol. The minimum absolute atomic E-state index is 0.128. The maximum absolute atomic E-state index is 13.4. The molecule has 1 N–H and O–H groups in total. The van der Waals surface area contributed by atoms with Crippen LogP contribution in [0.5, 0.6) is 0 Å². The van der Waals surface area contributed by atoms with Gasteiger partial charge in [0.15, 0.2) is 0 Å². The normalized spacial score (nSPS) is 12.5. The van der Waals surface area contributed by atoms with Crippen LogP contribution in [-0.4, -0.2) is 27.1 Å². The first-order valence-corrected chi connectivity index (χ1v) is 11.0. The number of aryl methyl sites for hydroxylation is 2. The average Bonchev–Trinajstić information content (AvgIpc) is 2.61. The van der Waals surface area contributed by atoms with Crippen LogP contribution in [0, 0.1) is 19.7 Å². The zero-order chi connectivity index (χ0) is 21.1. The summed E-state index contributed by atoms with van der Waals surface area (Å²) in [4.78, 5) is 12.6. The summed E-state index contributed by atoms with van der Waals surface area (Å²) in [5.74, 6) is -1.12. The number of carbonyl (C=O) groups excluding carboxylic acids is 1. The highest BCUT2D eigenvalue weighted by molar-refractivity contribution is 7.92. The van der Waals surface area contributed by atoms with Gasteiger partial charge in [-0.15, -0.1) is 0 Å². The Balaban J connectivity index is 2.22. The van der Waals surface area contributed by atoms with E-state index >= 15 is 0 Å². The van der Waals surface area contributed by atoms with E-state index in [0.29, 0.717) is 6.42 Å². The van der Waals surface area contributed by atoms with E-state index in [0.717, 1.165) is 33.3 Å². The minimum Gasteiger partial charge on any atom is -0.348 e. The molecule has 0 radical (unpaired) electrons. The fraction of sp³-hybridized carbons (Fsp3) is 0.350. The molecule has 0 heterocycles. The monoisotopic (exact) mass is 426 g/mol. The number of halogens is 2.